The number of rotatable bonds is 10. The fourth-order valence-electron chi connectivity index (χ4n) is 4.47. The van der Waals surface area contributed by atoms with Crippen molar-refractivity contribution in [1.82, 2.24) is 20.0 Å². The first kappa shape index (κ1) is 23.1. The van der Waals surface area contributed by atoms with Crippen LogP contribution >= 0.6 is 0 Å². The molecule has 1 N–H and O–H groups in total. The zero-order valence-electron chi connectivity index (χ0n) is 19.0. The summed E-state index contributed by atoms with van der Waals surface area (Å²) in [5, 5.41) is 2.96. The highest BCUT2D eigenvalue weighted by Gasteiger charge is 2.34. The number of nitrogens with one attached hydrogen (secondary N) is 1. The summed E-state index contributed by atoms with van der Waals surface area (Å²) in [6, 6.07) is 17.4. The predicted molar refractivity (Wildman–Crippen MR) is 127 cm³/mol. The number of hydrogen-bond acceptors (Lipinski definition) is 5. The van der Waals surface area contributed by atoms with Crippen molar-refractivity contribution in [3.05, 3.63) is 71.3 Å². The fraction of sp³-hybridized carbons (Fsp3) is 0.423. The molecule has 0 aliphatic carbocycles. The number of carbonyl (C=O) groups is 3. The smallest absolute Gasteiger partial charge is 0.261 e. The standard InChI is InChI=1S/C26H32N4O3/c31-24(12-6-15-30-25(32)22-10-4-5-11-23(22)26(30)33)27-13-7-14-28-16-18-29(19-17-28)20-21-8-2-1-3-9-21/h1-5,8-11H,6-7,12-20H2,(H,27,31). The third kappa shape index (κ3) is 6.06. The molecule has 0 aromatic heterocycles. The minimum atomic E-state index is -0.264. The number of carbonyl (C=O) groups excluding carboxylic acids is 3. The van der Waals surface area contributed by atoms with Crippen molar-refractivity contribution in [1.29, 1.82) is 0 Å². The molecule has 0 unspecified atom stereocenters. The van der Waals surface area contributed by atoms with Gasteiger partial charge in [0.2, 0.25) is 5.91 Å². The van der Waals surface area contributed by atoms with Gasteiger partial charge in [-0.3, -0.25) is 24.2 Å². The first-order chi connectivity index (χ1) is 16.1. The molecule has 33 heavy (non-hydrogen) atoms. The van der Waals surface area contributed by atoms with Gasteiger partial charge in [0.25, 0.3) is 11.8 Å². The van der Waals surface area contributed by atoms with Gasteiger partial charge < -0.3 is 10.2 Å². The van der Waals surface area contributed by atoms with Gasteiger partial charge in [0.1, 0.15) is 0 Å². The Kier molecular flexibility index (Phi) is 7.86. The van der Waals surface area contributed by atoms with Crippen molar-refractivity contribution < 1.29 is 14.4 Å². The molecule has 0 spiro atoms. The Labute approximate surface area is 195 Å². The molecule has 7 heteroatoms. The van der Waals surface area contributed by atoms with E-state index in [0.717, 1.165) is 45.7 Å². The van der Waals surface area contributed by atoms with Crippen LogP contribution in [0.2, 0.25) is 0 Å². The summed E-state index contributed by atoms with van der Waals surface area (Å²) >= 11 is 0. The summed E-state index contributed by atoms with van der Waals surface area (Å²) < 4.78 is 0. The van der Waals surface area contributed by atoms with E-state index in [1.54, 1.807) is 24.3 Å². The topological polar surface area (TPSA) is 73.0 Å². The highest BCUT2D eigenvalue weighted by atomic mass is 16.2. The van der Waals surface area contributed by atoms with Gasteiger partial charge in [-0.25, -0.2) is 0 Å². The minimum absolute atomic E-state index is 0.0284. The van der Waals surface area contributed by atoms with E-state index in [-0.39, 0.29) is 24.3 Å². The summed E-state index contributed by atoms with van der Waals surface area (Å²) in [5.41, 5.74) is 2.26. The molecule has 1 fully saturated rings. The van der Waals surface area contributed by atoms with Crippen LogP contribution in [0.15, 0.2) is 54.6 Å². The normalized spacial score (nSPS) is 16.8. The average Bonchev–Trinajstić information content (AvgIpc) is 3.08. The van der Waals surface area contributed by atoms with E-state index >= 15 is 0 Å². The van der Waals surface area contributed by atoms with Crippen molar-refractivity contribution >= 4 is 17.7 Å². The maximum absolute atomic E-state index is 12.4. The molecular formula is C26H32N4O3. The molecule has 2 aliphatic heterocycles. The Hall–Kier alpha value is -3.03. The molecule has 1 saturated heterocycles. The van der Waals surface area contributed by atoms with Crippen LogP contribution in [0.4, 0.5) is 0 Å². The Bertz CT molecular complexity index is 936. The van der Waals surface area contributed by atoms with E-state index in [1.807, 2.05) is 0 Å². The van der Waals surface area contributed by atoms with Crippen LogP contribution in [-0.4, -0.2) is 78.2 Å². The molecule has 0 saturated carbocycles. The zero-order chi connectivity index (χ0) is 23.0. The van der Waals surface area contributed by atoms with E-state index in [1.165, 1.54) is 10.5 Å². The van der Waals surface area contributed by atoms with Crippen LogP contribution in [0.5, 0.6) is 0 Å². The van der Waals surface area contributed by atoms with Crippen LogP contribution in [0.3, 0.4) is 0 Å². The van der Waals surface area contributed by atoms with Crippen molar-refractivity contribution in [2.24, 2.45) is 0 Å². The lowest BCUT2D eigenvalue weighted by Gasteiger charge is -2.34. The monoisotopic (exact) mass is 448 g/mol. The Morgan fingerprint density at radius 3 is 2.03 bits per heavy atom. The Morgan fingerprint density at radius 1 is 0.758 bits per heavy atom. The van der Waals surface area contributed by atoms with Gasteiger partial charge in [0, 0.05) is 52.2 Å². The summed E-state index contributed by atoms with van der Waals surface area (Å²) in [7, 11) is 0. The first-order valence-electron chi connectivity index (χ1n) is 11.8. The number of fused-ring (bicyclic) bond motifs is 1. The lowest BCUT2D eigenvalue weighted by molar-refractivity contribution is -0.121. The van der Waals surface area contributed by atoms with Crippen LogP contribution < -0.4 is 5.32 Å². The molecule has 2 heterocycles. The van der Waals surface area contributed by atoms with E-state index in [4.69, 9.17) is 0 Å². The van der Waals surface area contributed by atoms with Gasteiger partial charge in [0.15, 0.2) is 0 Å². The van der Waals surface area contributed by atoms with Gasteiger partial charge in [-0.05, 0) is 37.1 Å². The van der Waals surface area contributed by atoms with Crippen LogP contribution in [0.25, 0.3) is 0 Å². The van der Waals surface area contributed by atoms with Crippen LogP contribution in [0, 0.1) is 0 Å². The van der Waals surface area contributed by atoms with E-state index in [0.29, 0.717) is 30.5 Å². The molecule has 4 rings (SSSR count). The van der Waals surface area contributed by atoms with E-state index in [9.17, 15) is 14.4 Å². The van der Waals surface area contributed by atoms with Crippen LogP contribution in [-0.2, 0) is 11.3 Å². The number of benzene rings is 2. The van der Waals surface area contributed by atoms with Gasteiger partial charge in [-0.2, -0.15) is 0 Å². The van der Waals surface area contributed by atoms with E-state index in [2.05, 4.69) is 45.4 Å². The molecular weight excluding hydrogens is 416 g/mol. The van der Waals surface area contributed by atoms with Gasteiger partial charge in [-0.1, -0.05) is 42.5 Å². The maximum Gasteiger partial charge on any atom is 0.261 e. The second kappa shape index (κ2) is 11.2. The predicted octanol–water partition coefficient (Wildman–Crippen LogP) is 2.39. The van der Waals surface area contributed by atoms with Gasteiger partial charge in [0.05, 0.1) is 11.1 Å². The molecule has 2 aliphatic rings. The largest absolute Gasteiger partial charge is 0.356 e. The fourth-order valence-corrected chi connectivity index (χ4v) is 4.47. The number of amides is 3. The second-order valence-corrected chi connectivity index (χ2v) is 8.72. The van der Waals surface area contributed by atoms with Gasteiger partial charge >= 0.3 is 0 Å². The third-order valence-electron chi connectivity index (χ3n) is 6.35. The SMILES string of the molecule is O=C(CCCN1C(=O)c2ccccc2C1=O)NCCCN1CCN(Cc2ccccc2)CC1. The number of hydrogen-bond donors (Lipinski definition) is 1. The first-order valence-corrected chi connectivity index (χ1v) is 11.8. The molecule has 174 valence electrons. The number of nitrogens with zero attached hydrogens (tertiary/aromatic N) is 3. The minimum Gasteiger partial charge on any atom is -0.356 e. The van der Waals surface area contributed by atoms with Gasteiger partial charge in [-0.15, -0.1) is 0 Å². The highest BCUT2D eigenvalue weighted by Crippen LogP contribution is 2.22. The van der Waals surface area contributed by atoms with E-state index < -0.39 is 0 Å². The van der Waals surface area contributed by atoms with Crippen molar-refractivity contribution in [3.8, 4) is 0 Å². The Balaban J connectivity index is 1.06. The molecule has 0 atom stereocenters. The lowest BCUT2D eigenvalue weighted by atomic mass is 10.1. The summed E-state index contributed by atoms with van der Waals surface area (Å²) in [4.78, 5) is 43.0. The maximum atomic E-state index is 12.4. The highest BCUT2D eigenvalue weighted by molar-refractivity contribution is 6.21. The molecule has 0 bridgehead atoms. The average molecular weight is 449 g/mol. The molecule has 2 aromatic rings. The van der Waals surface area contributed by atoms with Crippen molar-refractivity contribution in [2.45, 2.75) is 25.8 Å². The Morgan fingerprint density at radius 2 is 1.36 bits per heavy atom. The summed E-state index contributed by atoms with van der Waals surface area (Å²) in [6.45, 7) is 7.16. The van der Waals surface area contributed by atoms with Crippen molar-refractivity contribution in [3.63, 3.8) is 0 Å². The molecule has 2 aromatic carbocycles. The lowest BCUT2D eigenvalue weighted by Crippen LogP contribution is -2.46. The molecule has 0 radical (unpaired) electrons. The van der Waals surface area contributed by atoms with Crippen molar-refractivity contribution in [2.75, 3.05) is 45.8 Å². The summed E-state index contributed by atoms with van der Waals surface area (Å²) in [5.74, 6) is -0.556. The number of piperazine rings is 1. The molecule has 7 nitrogen and oxygen atoms in total. The second-order valence-electron chi connectivity index (χ2n) is 8.72. The third-order valence-corrected chi connectivity index (χ3v) is 6.35. The quantitative estimate of drug-likeness (QED) is 0.446. The van der Waals surface area contributed by atoms with Crippen LogP contribution in [0.1, 0.15) is 45.5 Å². The zero-order valence-corrected chi connectivity index (χ0v) is 19.0. The summed E-state index contributed by atoms with van der Waals surface area (Å²) in [6.07, 6.45) is 1.70. The number of imide groups is 1. The molecule has 3 amide bonds.